The van der Waals surface area contributed by atoms with Crippen LogP contribution >= 0.6 is 0 Å². The molecule has 0 aromatic carbocycles. The Morgan fingerprint density at radius 2 is 1.71 bits per heavy atom. The number of hydrogen-bond donors (Lipinski definition) is 0. The molecule has 0 rings (SSSR count). The molecule has 0 saturated carbocycles. The lowest BCUT2D eigenvalue weighted by Crippen LogP contribution is -2.41. The SMILES string of the molecule is CC=CC(=O)OC(CC)O[Si](CC)(CC)CC. The van der Waals surface area contributed by atoms with Gasteiger partial charge in [-0.2, -0.15) is 0 Å². The number of carbonyl (C=O) groups excluding carboxylic acids is 1. The minimum absolute atomic E-state index is 0.314. The van der Waals surface area contributed by atoms with E-state index in [1.165, 1.54) is 6.08 Å². The molecule has 0 aliphatic heterocycles. The molecule has 3 nitrogen and oxygen atoms in total. The van der Waals surface area contributed by atoms with E-state index in [1.54, 1.807) is 13.0 Å². The van der Waals surface area contributed by atoms with E-state index < -0.39 is 8.32 Å². The summed E-state index contributed by atoms with van der Waals surface area (Å²) in [7, 11) is -1.69. The second-order valence-corrected chi connectivity index (χ2v) is 8.86. The van der Waals surface area contributed by atoms with Crippen LogP contribution in [0.4, 0.5) is 0 Å². The first-order chi connectivity index (χ1) is 8.07. The summed E-state index contributed by atoms with van der Waals surface area (Å²) in [6, 6.07) is 3.20. The van der Waals surface area contributed by atoms with E-state index in [0.717, 1.165) is 18.1 Å². The van der Waals surface area contributed by atoms with Crippen LogP contribution in [0.2, 0.25) is 18.1 Å². The molecule has 0 N–H and O–H groups in total. The minimum Gasteiger partial charge on any atom is -0.434 e. The lowest BCUT2D eigenvalue weighted by Gasteiger charge is -2.32. The molecule has 0 bridgehead atoms. The van der Waals surface area contributed by atoms with Crippen molar-refractivity contribution in [3.05, 3.63) is 12.2 Å². The fourth-order valence-electron chi connectivity index (χ4n) is 1.77. The lowest BCUT2D eigenvalue weighted by molar-refractivity contribution is -0.159. The summed E-state index contributed by atoms with van der Waals surface area (Å²) in [5.74, 6) is -0.314. The number of ether oxygens (including phenoxy) is 1. The Morgan fingerprint density at radius 3 is 2.06 bits per heavy atom. The summed E-state index contributed by atoms with van der Waals surface area (Å²) in [4.78, 5) is 11.4. The van der Waals surface area contributed by atoms with E-state index in [0.29, 0.717) is 6.42 Å². The summed E-state index contributed by atoms with van der Waals surface area (Å²) in [5.41, 5.74) is 0. The van der Waals surface area contributed by atoms with Crippen molar-refractivity contribution in [3.63, 3.8) is 0 Å². The highest BCUT2D eigenvalue weighted by Crippen LogP contribution is 2.24. The number of rotatable bonds is 8. The number of hydrogen-bond acceptors (Lipinski definition) is 3. The third-order valence-corrected chi connectivity index (χ3v) is 7.83. The molecule has 1 atom stereocenters. The van der Waals surface area contributed by atoms with Crippen LogP contribution in [-0.2, 0) is 14.0 Å². The summed E-state index contributed by atoms with van der Waals surface area (Å²) in [6.07, 6.45) is 3.43. The van der Waals surface area contributed by atoms with Gasteiger partial charge >= 0.3 is 5.97 Å². The fraction of sp³-hybridized carbons (Fsp3) is 0.769. The zero-order valence-corrected chi connectivity index (χ0v) is 12.8. The summed E-state index contributed by atoms with van der Waals surface area (Å²) in [5, 5.41) is 0. The van der Waals surface area contributed by atoms with Crippen LogP contribution in [-0.4, -0.2) is 20.6 Å². The van der Waals surface area contributed by atoms with Gasteiger partial charge in [0, 0.05) is 12.5 Å². The van der Waals surface area contributed by atoms with Crippen molar-refractivity contribution >= 4 is 14.3 Å². The molecule has 0 aliphatic carbocycles. The maximum absolute atomic E-state index is 11.4. The minimum atomic E-state index is -1.69. The Kier molecular flexibility index (Phi) is 8.17. The molecule has 4 heteroatoms. The monoisotopic (exact) mass is 258 g/mol. The van der Waals surface area contributed by atoms with Gasteiger partial charge in [0.1, 0.15) is 0 Å². The molecule has 0 aliphatic rings. The Balaban J connectivity index is 4.51. The van der Waals surface area contributed by atoms with Crippen molar-refractivity contribution in [2.24, 2.45) is 0 Å². The number of carbonyl (C=O) groups is 1. The fourth-order valence-corrected chi connectivity index (χ4v) is 4.55. The zero-order chi connectivity index (χ0) is 13.3. The van der Waals surface area contributed by atoms with Crippen molar-refractivity contribution in [2.45, 2.75) is 65.5 Å². The van der Waals surface area contributed by atoms with E-state index in [9.17, 15) is 4.79 Å². The van der Waals surface area contributed by atoms with Crippen LogP contribution < -0.4 is 0 Å². The van der Waals surface area contributed by atoms with Crippen molar-refractivity contribution < 1.29 is 14.0 Å². The number of esters is 1. The van der Waals surface area contributed by atoms with Gasteiger partial charge in [-0.25, -0.2) is 4.79 Å². The topological polar surface area (TPSA) is 35.5 Å². The molecule has 0 spiro atoms. The molecule has 0 fully saturated rings. The average molecular weight is 258 g/mol. The quantitative estimate of drug-likeness (QED) is 0.287. The van der Waals surface area contributed by atoms with Gasteiger partial charge in [0.05, 0.1) is 0 Å². The van der Waals surface area contributed by atoms with Gasteiger partial charge in [0.25, 0.3) is 0 Å². The van der Waals surface area contributed by atoms with Crippen molar-refractivity contribution in [1.82, 2.24) is 0 Å². The van der Waals surface area contributed by atoms with Crippen LogP contribution in [0.5, 0.6) is 0 Å². The van der Waals surface area contributed by atoms with Crippen LogP contribution in [0.1, 0.15) is 41.0 Å². The smallest absolute Gasteiger partial charge is 0.332 e. The summed E-state index contributed by atoms with van der Waals surface area (Å²) >= 11 is 0. The van der Waals surface area contributed by atoms with E-state index in [1.807, 2.05) is 6.92 Å². The van der Waals surface area contributed by atoms with E-state index >= 15 is 0 Å². The molecule has 0 radical (unpaired) electrons. The molecule has 0 saturated heterocycles. The highest BCUT2D eigenvalue weighted by atomic mass is 28.4. The first kappa shape index (κ1) is 16.4. The van der Waals surface area contributed by atoms with Crippen LogP contribution in [0, 0.1) is 0 Å². The van der Waals surface area contributed by atoms with Crippen LogP contribution in [0.3, 0.4) is 0 Å². The maximum Gasteiger partial charge on any atom is 0.332 e. The van der Waals surface area contributed by atoms with Crippen molar-refractivity contribution in [2.75, 3.05) is 0 Å². The van der Waals surface area contributed by atoms with Crippen LogP contribution in [0.25, 0.3) is 0 Å². The Labute approximate surface area is 106 Å². The first-order valence-electron chi connectivity index (χ1n) is 6.58. The Bertz CT molecular complexity index is 239. The average Bonchev–Trinajstić information content (AvgIpc) is 2.35. The summed E-state index contributed by atoms with van der Waals surface area (Å²) in [6.45, 7) is 10.3. The second-order valence-electron chi connectivity index (χ2n) is 4.14. The summed E-state index contributed by atoms with van der Waals surface area (Å²) < 4.78 is 11.4. The maximum atomic E-state index is 11.4. The standard InChI is InChI=1S/C13H26O3Si/c1-6-11-12(14)15-13(7-2)16-17(8-3,9-4)10-5/h6,11,13H,7-10H2,1-5H3. The third kappa shape index (κ3) is 5.50. The molecule has 0 aromatic rings. The lowest BCUT2D eigenvalue weighted by atomic mass is 10.5. The molecule has 1 unspecified atom stereocenters. The van der Waals surface area contributed by atoms with Gasteiger partial charge in [0.2, 0.25) is 0 Å². The van der Waals surface area contributed by atoms with Gasteiger partial charge < -0.3 is 9.16 Å². The van der Waals surface area contributed by atoms with Gasteiger partial charge in [-0.15, -0.1) is 0 Å². The molecule has 0 aromatic heterocycles. The molecule has 0 amide bonds. The van der Waals surface area contributed by atoms with Gasteiger partial charge in [0.15, 0.2) is 14.6 Å². The highest BCUT2D eigenvalue weighted by Gasteiger charge is 2.32. The molecule has 0 heterocycles. The van der Waals surface area contributed by atoms with Gasteiger partial charge in [-0.3, -0.25) is 0 Å². The normalized spacial score (nSPS) is 13.9. The van der Waals surface area contributed by atoms with Crippen LogP contribution in [0.15, 0.2) is 12.2 Å². The third-order valence-electron chi connectivity index (χ3n) is 3.20. The van der Waals surface area contributed by atoms with E-state index in [-0.39, 0.29) is 12.3 Å². The predicted molar refractivity (Wildman–Crippen MR) is 73.3 cm³/mol. The second kappa shape index (κ2) is 8.47. The van der Waals surface area contributed by atoms with Crippen molar-refractivity contribution in [3.8, 4) is 0 Å². The highest BCUT2D eigenvalue weighted by molar-refractivity contribution is 6.73. The van der Waals surface area contributed by atoms with Crippen molar-refractivity contribution in [1.29, 1.82) is 0 Å². The van der Waals surface area contributed by atoms with E-state index in [2.05, 4.69) is 20.8 Å². The van der Waals surface area contributed by atoms with Gasteiger partial charge in [-0.1, -0.05) is 33.8 Å². The Hall–Kier alpha value is -0.613. The Morgan fingerprint density at radius 1 is 1.18 bits per heavy atom. The number of allylic oxidation sites excluding steroid dienone is 1. The molecular weight excluding hydrogens is 232 g/mol. The van der Waals surface area contributed by atoms with E-state index in [4.69, 9.17) is 9.16 Å². The molecule has 17 heavy (non-hydrogen) atoms. The molecular formula is C13H26O3Si. The largest absolute Gasteiger partial charge is 0.434 e. The molecule has 100 valence electrons. The first-order valence-corrected chi connectivity index (χ1v) is 9.11. The zero-order valence-electron chi connectivity index (χ0n) is 11.8. The predicted octanol–water partition coefficient (Wildman–Crippen LogP) is 3.86. The van der Waals surface area contributed by atoms with Gasteiger partial charge in [-0.05, 0) is 25.1 Å².